The van der Waals surface area contributed by atoms with Gasteiger partial charge in [-0.25, -0.2) is 0 Å². The summed E-state index contributed by atoms with van der Waals surface area (Å²) in [6.07, 6.45) is -1.27. The van der Waals surface area contributed by atoms with E-state index in [0.29, 0.717) is 0 Å². The molecule has 10 heavy (non-hydrogen) atoms. The largest absolute Gasteiger partial charge is 0.480 e. The lowest BCUT2D eigenvalue weighted by atomic mass is 9.96. The second-order valence-corrected chi connectivity index (χ2v) is 2.18. The van der Waals surface area contributed by atoms with Gasteiger partial charge < -0.3 is 21.1 Å². The van der Waals surface area contributed by atoms with Crippen LogP contribution in [0, 0.1) is 0 Å². The Morgan fingerprint density at radius 3 is 2.20 bits per heavy atom. The number of hydrogen-bond acceptors (Lipinski definition) is 4. The molecule has 0 aromatic rings. The molecule has 5 N–H and O–H groups in total. The molecule has 0 radical (unpaired) electrons. The third-order valence-electron chi connectivity index (χ3n) is 1.41. The fourth-order valence-electron chi connectivity index (χ4n) is 0.378. The highest BCUT2D eigenvalue weighted by Gasteiger charge is 2.38. The van der Waals surface area contributed by atoms with Crippen LogP contribution in [0.4, 0.5) is 0 Å². The van der Waals surface area contributed by atoms with Crippen molar-refractivity contribution in [2.75, 3.05) is 6.61 Å². The van der Waals surface area contributed by atoms with E-state index in [4.69, 9.17) is 21.1 Å². The van der Waals surface area contributed by atoms with Gasteiger partial charge in [-0.05, 0) is 6.92 Å². The molecule has 0 aliphatic rings. The lowest BCUT2D eigenvalue weighted by Gasteiger charge is -2.24. The summed E-state index contributed by atoms with van der Waals surface area (Å²) in [5.41, 5.74) is 3.15. The number of aliphatic carboxylic acids is 1. The zero-order valence-electron chi connectivity index (χ0n) is 5.61. The van der Waals surface area contributed by atoms with E-state index in [1.807, 2.05) is 0 Å². The van der Waals surface area contributed by atoms with E-state index in [2.05, 4.69) is 0 Å². The smallest absolute Gasteiger partial charge is 0.328 e. The number of carbonyl (C=O) groups is 1. The number of aliphatic hydroxyl groups excluding tert-OH is 2. The molecule has 0 saturated carbocycles. The first kappa shape index (κ1) is 9.35. The summed E-state index contributed by atoms with van der Waals surface area (Å²) in [5.74, 6) is -1.41. The van der Waals surface area contributed by atoms with Crippen molar-refractivity contribution in [1.29, 1.82) is 0 Å². The van der Waals surface area contributed by atoms with Crippen molar-refractivity contribution in [3.63, 3.8) is 0 Å². The zero-order valence-corrected chi connectivity index (χ0v) is 5.61. The minimum absolute atomic E-state index is 0.778. The monoisotopic (exact) mass is 149 g/mol. The quantitative estimate of drug-likeness (QED) is 0.377. The van der Waals surface area contributed by atoms with Gasteiger partial charge in [-0.3, -0.25) is 4.79 Å². The van der Waals surface area contributed by atoms with E-state index >= 15 is 0 Å². The van der Waals surface area contributed by atoms with Crippen molar-refractivity contribution in [2.45, 2.75) is 18.6 Å². The molecule has 0 spiro atoms. The van der Waals surface area contributed by atoms with Crippen LogP contribution in [0.15, 0.2) is 0 Å². The molecule has 5 nitrogen and oxygen atoms in total. The van der Waals surface area contributed by atoms with Crippen molar-refractivity contribution in [1.82, 2.24) is 0 Å². The van der Waals surface area contributed by atoms with Crippen molar-refractivity contribution in [3.05, 3.63) is 0 Å². The zero-order chi connectivity index (χ0) is 8.36. The Morgan fingerprint density at radius 1 is 1.80 bits per heavy atom. The van der Waals surface area contributed by atoms with Gasteiger partial charge in [0.25, 0.3) is 0 Å². The van der Waals surface area contributed by atoms with Crippen molar-refractivity contribution in [2.24, 2.45) is 5.73 Å². The fraction of sp³-hybridized carbons (Fsp3) is 0.800. The van der Waals surface area contributed by atoms with Gasteiger partial charge in [0, 0.05) is 0 Å². The molecule has 0 aromatic heterocycles. The van der Waals surface area contributed by atoms with Crippen LogP contribution in [-0.2, 0) is 4.79 Å². The first-order valence-electron chi connectivity index (χ1n) is 2.76. The molecule has 0 bridgehead atoms. The molecule has 5 heteroatoms. The highest BCUT2D eigenvalue weighted by atomic mass is 16.4. The number of rotatable bonds is 3. The summed E-state index contributed by atoms with van der Waals surface area (Å²) < 4.78 is 0. The molecule has 60 valence electrons. The normalized spacial score (nSPS) is 19.6. The number of aliphatic hydroxyl groups is 2. The second kappa shape index (κ2) is 2.96. The van der Waals surface area contributed by atoms with Gasteiger partial charge >= 0.3 is 5.97 Å². The molecule has 0 amide bonds. The number of nitrogens with two attached hydrogens (primary N) is 1. The van der Waals surface area contributed by atoms with E-state index in [0.717, 1.165) is 0 Å². The fourth-order valence-corrected chi connectivity index (χ4v) is 0.378. The lowest BCUT2D eigenvalue weighted by molar-refractivity contribution is -0.149. The first-order chi connectivity index (χ1) is 4.45. The molecular weight excluding hydrogens is 138 g/mol. The van der Waals surface area contributed by atoms with Gasteiger partial charge in [0.1, 0.15) is 0 Å². The Labute approximate surface area is 58.1 Å². The number of hydrogen-bond donors (Lipinski definition) is 4. The Bertz CT molecular complexity index is 136. The van der Waals surface area contributed by atoms with Crippen molar-refractivity contribution in [3.8, 4) is 0 Å². The highest BCUT2D eigenvalue weighted by Crippen LogP contribution is 2.05. The van der Waals surface area contributed by atoms with E-state index < -0.39 is 24.2 Å². The summed E-state index contributed by atoms with van der Waals surface area (Å²) >= 11 is 0. The molecule has 0 aliphatic heterocycles. The Hall–Kier alpha value is -0.650. The highest BCUT2D eigenvalue weighted by molar-refractivity contribution is 5.79. The van der Waals surface area contributed by atoms with Crippen LogP contribution in [0.5, 0.6) is 0 Å². The van der Waals surface area contributed by atoms with E-state index in [1.165, 1.54) is 6.92 Å². The first-order valence-corrected chi connectivity index (χ1v) is 2.76. The van der Waals surface area contributed by atoms with E-state index in [9.17, 15) is 4.79 Å². The molecule has 2 atom stereocenters. The van der Waals surface area contributed by atoms with Crippen LogP contribution in [0.25, 0.3) is 0 Å². The van der Waals surface area contributed by atoms with Crippen molar-refractivity contribution < 1.29 is 20.1 Å². The van der Waals surface area contributed by atoms with Crippen LogP contribution in [-0.4, -0.2) is 39.5 Å². The lowest BCUT2D eigenvalue weighted by Crippen LogP contribution is -2.59. The van der Waals surface area contributed by atoms with Crippen LogP contribution in [0.3, 0.4) is 0 Å². The van der Waals surface area contributed by atoms with E-state index in [1.54, 1.807) is 0 Å². The third kappa shape index (κ3) is 1.44. The predicted octanol–water partition coefficient (Wildman–Crippen LogP) is -1.86. The van der Waals surface area contributed by atoms with Gasteiger partial charge in [0.05, 0.1) is 12.7 Å². The van der Waals surface area contributed by atoms with Gasteiger partial charge in [0.15, 0.2) is 5.54 Å². The minimum Gasteiger partial charge on any atom is -0.480 e. The van der Waals surface area contributed by atoms with Gasteiger partial charge in [-0.2, -0.15) is 0 Å². The standard InChI is InChI=1S/C5H11NO4/c1-3(8)5(6,2-7)4(9)10/h3,7-8H,2,6H2,1H3,(H,9,10)/t3-,5+/m1/s1. The SMILES string of the molecule is C[C@@H](O)[C@@](N)(CO)C(=O)O. The summed E-state index contributed by atoms with van der Waals surface area (Å²) in [7, 11) is 0. The molecule has 0 unspecified atom stereocenters. The number of carboxylic acid groups (broad SMARTS) is 1. The molecule has 0 aliphatic carbocycles. The summed E-state index contributed by atoms with van der Waals surface area (Å²) in [4.78, 5) is 10.2. The average molecular weight is 149 g/mol. The summed E-state index contributed by atoms with van der Waals surface area (Å²) in [6.45, 7) is 0.435. The molecule has 0 fully saturated rings. The van der Waals surface area contributed by atoms with Crippen LogP contribution in [0.1, 0.15) is 6.92 Å². The second-order valence-electron chi connectivity index (χ2n) is 2.18. The van der Waals surface area contributed by atoms with Gasteiger partial charge in [0.2, 0.25) is 0 Å². The molecule has 0 heterocycles. The van der Waals surface area contributed by atoms with Crippen LogP contribution in [0.2, 0.25) is 0 Å². The Morgan fingerprint density at radius 2 is 2.20 bits per heavy atom. The van der Waals surface area contributed by atoms with E-state index in [-0.39, 0.29) is 0 Å². The van der Waals surface area contributed by atoms with Gasteiger partial charge in [-0.15, -0.1) is 0 Å². The molecule has 0 saturated heterocycles. The summed E-state index contributed by atoms with van der Waals surface area (Å²) in [6, 6.07) is 0. The number of carboxylic acids is 1. The Balaban J connectivity index is 4.38. The maximum atomic E-state index is 10.2. The molecular formula is C5H11NO4. The molecule has 0 aromatic carbocycles. The van der Waals surface area contributed by atoms with Gasteiger partial charge in [-0.1, -0.05) is 0 Å². The molecule has 0 rings (SSSR count). The average Bonchev–Trinajstić information content (AvgIpc) is 1.85. The minimum atomic E-state index is -1.93. The Kier molecular flexibility index (Phi) is 2.77. The third-order valence-corrected chi connectivity index (χ3v) is 1.41. The maximum absolute atomic E-state index is 10.2. The van der Waals surface area contributed by atoms with Crippen LogP contribution >= 0.6 is 0 Å². The maximum Gasteiger partial charge on any atom is 0.328 e. The topological polar surface area (TPSA) is 104 Å². The predicted molar refractivity (Wildman–Crippen MR) is 33.3 cm³/mol. The summed E-state index contributed by atoms with van der Waals surface area (Å²) in [5, 5.41) is 25.6. The van der Waals surface area contributed by atoms with Crippen molar-refractivity contribution >= 4 is 5.97 Å². The van der Waals surface area contributed by atoms with Crippen LogP contribution < -0.4 is 5.73 Å².